The zero-order chi connectivity index (χ0) is 30.5. The number of rotatable bonds is 11. The second-order valence-electron chi connectivity index (χ2n) is 10.7. The van der Waals surface area contributed by atoms with Crippen LogP contribution in [0.1, 0.15) is 60.0 Å². The first-order valence-corrected chi connectivity index (χ1v) is 15.7. The summed E-state index contributed by atoms with van der Waals surface area (Å²) >= 11 is 0. The van der Waals surface area contributed by atoms with Gasteiger partial charge in [0.15, 0.2) is 0 Å². The standard InChI is InChI=1S/C31H34F3N3O5S/c32-31(33,34)23-8-4-10-25(17-23)43(39,40)37-28(22-6-2-1-3-7-22)18-30(38)36-27-13-15-42-29-16-21(11-12-26(27)29)19-35-20-24-9-5-14-41-24/h1-4,6-8,10-12,16-17,24,27-28,35,37H,5,9,13-15,18-20H2,(H,36,38). The monoisotopic (exact) mass is 617 g/mol. The van der Waals surface area contributed by atoms with Gasteiger partial charge >= 0.3 is 6.18 Å². The Morgan fingerprint density at radius 1 is 0.977 bits per heavy atom. The molecule has 230 valence electrons. The van der Waals surface area contributed by atoms with Gasteiger partial charge in [-0.2, -0.15) is 13.2 Å². The van der Waals surface area contributed by atoms with Gasteiger partial charge in [-0.15, -0.1) is 0 Å². The van der Waals surface area contributed by atoms with Crippen LogP contribution in [0.2, 0.25) is 0 Å². The largest absolute Gasteiger partial charge is 0.493 e. The SMILES string of the molecule is O=C(CC(NS(=O)(=O)c1cccc(C(F)(F)F)c1)c1ccccc1)NC1CCOc2cc(CNCC3CCCO3)ccc21. The van der Waals surface area contributed by atoms with E-state index >= 15 is 0 Å². The number of carbonyl (C=O) groups excluding carboxylic acids is 1. The Kier molecular flexibility index (Phi) is 9.70. The molecule has 43 heavy (non-hydrogen) atoms. The maximum Gasteiger partial charge on any atom is 0.416 e. The van der Waals surface area contributed by atoms with Crippen LogP contribution in [0.5, 0.6) is 5.75 Å². The first-order chi connectivity index (χ1) is 20.6. The third-order valence-corrected chi connectivity index (χ3v) is 9.01. The molecule has 3 atom stereocenters. The molecule has 8 nitrogen and oxygen atoms in total. The predicted molar refractivity (Wildman–Crippen MR) is 154 cm³/mol. The number of sulfonamides is 1. The van der Waals surface area contributed by atoms with E-state index in [0.717, 1.165) is 55.3 Å². The maximum absolute atomic E-state index is 13.3. The molecular formula is C31H34F3N3O5S. The van der Waals surface area contributed by atoms with E-state index < -0.39 is 38.6 Å². The van der Waals surface area contributed by atoms with Crippen LogP contribution >= 0.6 is 0 Å². The van der Waals surface area contributed by atoms with E-state index in [1.54, 1.807) is 30.3 Å². The maximum atomic E-state index is 13.3. The van der Waals surface area contributed by atoms with Crippen molar-refractivity contribution < 1.29 is 35.9 Å². The minimum atomic E-state index is -4.70. The lowest BCUT2D eigenvalue weighted by atomic mass is 9.98. The molecule has 3 aromatic rings. The Bertz CT molecular complexity index is 1510. The summed E-state index contributed by atoms with van der Waals surface area (Å²) in [6.45, 7) is 2.63. The van der Waals surface area contributed by atoms with E-state index in [1.165, 1.54) is 0 Å². The lowest BCUT2D eigenvalue weighted by Gasteiger charge is -2.28. The van der Waals surface area contributed by atoms with Crippen molar-refractivity contribution in [1.82, 2.24) is 15.4 Å². The average Bonchev–Trinajstić information content (AvgIpc) is 3.50. The van der Waals surface area contributed by atoms with Gasteiger partial charge in [0.25, 0.3) is 0 Å². The molecule has 3 aromatic carbocycles. The van der Waals surface area contributed by atoms with Gasteiger partial charge in [0.2, 0.25) is 15.9 Å². The number of halogens is 3. The summed E-state index contributed by atoms with van der Waals surface area (Å²) in [5.74, 6) is 0.263. The van der Waals surface area contributed by atoms with E-state index in [1.807, 2.05) is 18.2 Å². The number of carbonyl (C=O) groups is 1. The van der Waals surface area contributed by atoms with E-state index in [2.05, 4.69) is 15.4 Å². The molecule has 12 heteroatoms. The van der Waals surface area contributed by atoms with Crippen LogP contribution in [0.4, 0.5) is 13.2 Å². The minimum absolute atomic E-state index is 0.239. The summed E-state index contributed by atoms with van der Waals surface area (Å²) in [5, 5.41) is 6.40. The van der Waals surface area contributed by atoms with Crippen LogP contribution < -0.4 is 20.1 Å². The van der Waals surface area contributed by atoms with Crippen molar-refractivity contribution in [1.29, 1.82) is 0 Å². The van der Waals surface area contributed by atoms with E-state index in [-0.39, 0.29) is 18.6 Å². The van der Waals surface area contributed by atoms with Crippen LogP contribution in [0, 0.1) is 0 Å². The molecule has 0 radical (unpaired) electrons. The minimum Gasteiger partial charge on any atom is -0.493 e. The van der Waals surface area contributed by atoms with Gasteiger partial charge in [-0.3, -0.25) is 4.79 Å². The van der Waals surface area contributed by atoms with Crippen LogP contribution in [0.25, 0.3) is 0 Å². The third kappa shape index (κ3) is 8.14. The van der Waals surface area contributed by atoms with Crippen molar-refractivity contribution in [3.63, 3.8) is 0 Å². The highest BCUT2D eigenvalue weighted by molar-refractivity contribution is 7.89. The first-order valence-electron chi connectivity index (χ1n) is 14.2. The molecule has 5 rings (SSSR count). The molecular weight excluding hydrogens is 583 g/mol. The zero-order valence-corrected chi connectivity index (χ0v) is 24.2. The molecule has 0 spiro atoms. The van der Waals surface area contributed by atoms with E-state index in [9.17, 15) is 26.4 Å². The summed E-state index contributed by atoms with van der Waals surface area (Å²) in [5.41, 5.74) is 1.28. The molecule has 2 aliphatic rings. The molecule has 0 bridgehead atoms. The molecule has 0 saturated carbocycles. The molecule has 0 aromatic heterocycles. The second-order valence-corrected chi connectivity index (χ2v) is 12.4. The fourth-order valence-electron chi connectivity index (χ4n) is 5.32. The molecule has 0 aliphatic carbocycles. The van der Waals surface area contributed by atoms with Gasteiger partial charge in [-0.05, 0) is 48.2 Å². The Balaban J connectivity index is 1.26. The van der Waals surface area contributed by atoms with Gasteiger partial charge < -0.3 is 20.1 Å². The van der Waals surface area contributed by atoms with Gasteiger partial charge in [-0.1, -0.05) is 48.5 Å². The number of amides is 1. The lowest BCUT2D eigenvalue weighted by Crippen LogP contribution is -2.36. The molecule has 3 N–H and O–H groups in total. The molecule has 1 saturated heterocycles. The van der Waals surface area contributed by atoms with Gasteiger partial charge in [0, 0.05) is 38.1 Å². The number of fused-ring (bicyclic) bond motifs is 1. The van der Waals surface area contributed by atoms with Crippen molar-refractivity contribution in [3.8, 4) is 5.75 Å². The van der Waals surface area contributed by atoms with Crippen LogP contribution in [0.3, 0.4) is 0 Å². The normalized spacial score (nSPS) is 19.3. The highest BCUT2D eigenvalue weighted by Gasteiger charge is 2.33. The summed E-state index contributed by atoms with van der Waals surface area (Å²) in [4.78, 5) is 12.8. The van der Waals surface area contributed by atoms with Gasteiger partial charge in [-0.25, -0.2) is 13.1 Å². The van der Waals surface area contributed by atoms with Crippen LogP contribution in [0.15, 0.2) is 77.7 Å². The smallest absolute Gasteiger partial charge is 0.416 e. The molecule has 2 heterocycles. The van der Waals surface area contributed by atoms with Crippen molar-refractivity contribution in [3.05, 3.63) is 95.1 Å². The van der Waals surface area contributed by atoms with Crippen molar-refractivity contribution in [2.45, 2.75) is 61.5 Å². The molecule has 3 unspecified atom stereocenters. The summed E-state index contributed by atoms with van der Waals surface area (Å²) in [7, 11) is -4.40. The summed E-state index contributed by atoms with van der Waals surface area (Å²) in [6, 6.07) is 16.4. The molecule has 1 amide bonds. The second kappa shape index (κ2) is 13.5. The number of alkyl halides is 3. The first kappa shape index (κ1) is 31.0. The summed E-state index contributed by atoms with van der Waals surface area (Å²) < 4.78 is 80.0. The Hall–Kier alpha value is -3.45. The number of hydrogen-bond acceptors (Lipinski definition) is 6. The van der Waals surface area contributed by atoms with Crippen molar-refractivity contribution >= 4 is 15.9 Å². The molecule has 1 fully saturated rings. The van der Waals surface area contributed by atoms with Crippen molar-refractivity contribution in [2.75, 3.05) is 19.8 Å². The fraction of sp³-hybridized carbons (Fsp3) is 0.387. The van der Waals surface area contributed by atoms with Gasteiger partial charge in [0.05, 0.1) is 35.3 Å². The van der Waals surface area contributed by atoms with Crippen molar-refractivity contribution in [2.24, 2.45) is 0 Å². The average molecular weight is 618 g/mol. The Morgan fingerprint density at radius 2 is 1.79 bits per heavy atom. The van der Waals surface area contributed by atoms with Crippen LogP contribution in [-0.2, 0) is 32.3 Å². The van der Waals surface area contributed by atoms with Crippen LogP contribution in [-0.4, -0.2) is 40.2 Å². The Morgan fingerprint density at radius 3 is 2.53 bits per heavy atom. The topological polar surface area (TPSA) is 106 Å². The lowest BCUT2D eigenvalue weighted by molar-refractivity contribution is -0.137. The quantitative estimate of drug-likeness (QED) is 0.279. The number of ether oxygens (including phenoxy) is 2. The molecule has 2 aliphatic heterocycles. The summed E-state index contributed by atoms with van der Waals surface area (Å²) in [6.07, 6.45) is -2.06. The highest BCUT2D eigenvalue weighted by atomic mass is 32.2. The van der Waals surface area contributed by atoms with E-state index in [4.69, 9.17) is 9.47 Å². The number of hydrogen-bond donors (Lipinski definition) is 3. The zero-order valence-electron chi connectivity index (χ0n) is 23.4. The number of benzene rings is 3. The Labute approximate surface area is 249 Å². The van der Waals surface area contributed by atoms with Gasteiger partial charge in [0.1, 0.15) is 5.75 Å². The predicted octanol–water partition coefficient (Wildman–Crippen LogP) is 5.02. The number of nitrogens with one attached hydrogen (secondary N) is 3. The highest BCUT2D eigenvalue weighted by Crippen LogP contribution is 2.34. The van der Waals surface area contributed by atoms with E-state index in [0.29, 0.717) is 37.0 Å². The third-order valence-electron chi connectivity index (χ3n) is 7.54. The fourth-order valence-corrected chi connectivity index (χ4v) is 6.59.